The summed E-state index contributed by atoms with van der Waals surface area (Å²) in [7, 11) is 0. The van der Waals surface area contributed by atoms with E-state index in [0.717, 1.165) is 19.3 Å². The van der Waals surface area contributed by atoms with Gasteiger partial charge in [-0.15, -0.1) is 0 Å². The van der Waals surface area contributed by atoms with Crippen molar-refractivity contribution in [3.63, 3.8) is 0 Å². The molecule has 1 saturated carbocycles. The van der Waals surface area contributed by atoms with Crippen LogP contribution in [-0.2, 0) is 25.9 Å². The molecule has 35 heavy (non-hydrogen) atoms. The fraction of sp³-hybridized carbons (Fsp3) is 0.440. The Hall–Kier alpha value is -3.82. The first-order chi connectivity index (χ1) is 17.0. The summed E-state index contributed by atoms with van der Waals surface area (Å²) in [6.45, 7) is 4.51. The van der Waals surface area contributed by atoms with E-state index in [4.69, 9.17) is 4.52 Å². The lowest BCUT2D eigenvalue weighted by Gasteiger charge is -2.27. The fourth-order valence-electron chi connectivity index (χ4n) is 4.65. The van der Waals surface area contributed by atoms with Crippen molar-refractivity contribution in [1.82, 2.24) is 29.6 Å². The molecule has 0 radical (unpaired) electrons. The highest BCUT2D eigenvalue weighted by atomic mass is 16.5. The fourth-order valence-corrected chi connectivity index (χ4v) is 4.65. The van der Waals surface area contributed by atoms with Gasteiger partial charge in [-0.3, -0.25) is 23.7 Å². The molecular weight excluding hydrogens is 448 g/mol. The van der Waals surface area contributed by atoms with Crippen molar-refractivity contribution in [2.24, 2.45) is 5.92 Å². The van der Waals surface area contributed by atoms with Gasteiger partial charge >= 0.3 is 5.69 Å². The number of carbonyl (C=O) groups excluding carboxylic acids is 1. The molecule has 0 bridgehead atoms. The van der Waals surface area contributed by atoms with Crippen molar-refractivity contribution in [2.75, 3.05) is 0 Å². The zero-order chi connectivity index (χ0) is 24.4. The van der Waals surface area contributed by atoms with Crippen LogP contribution < -0.4 is 16.6 Å². The van der Waals surface area contributed by atoms with Crippen LogP contribution in [-0.4, -0.2) is 30.2 Å². The molecule has 1 amide bonds. The van der Waals surface area contributed by atoms with Crippen LogP contribution in [0.15, 0.2) is 50.8 Å². The molecule has 1 aliphatic carbocycles. The SMILES string of the molecule is C=C1Cc2c(n(CCC3CCC3)c(=O)n(CCCCc3noc(-c4ccccn4)n3)c2=O)C(=O)N1. The summed E-state index contributed by atoms with van der Waals surface area (Å²) in [5.74, 6) is 1.06. The van der Waals surface area contributed by atoms with Crippen LogP contribution in [0.25, 0.3) is 11.6 Å². The Balaban J connectivity index is 1.31. The quantitative estimate of drug-likeness (QED) is 0.470. The van der Waals surface area contributed by atoms with Gasteiger partial charge in [0.15, 0.2) is 5.82 Å². The van der Waals surface area contributed by atoms with E-state index < -0.39 is 17.2 Å². The number of aromatic nitrogens is 5. The Morgan fingerprint density at radius 2 is 1.97 bits per heavy atom. The molecule has 1 fully saturated rings. The third kappa shape index (κ3) is 4.73. The lowest BCUT2D eigenvalue weighted by atomic mass is 9.83. The molecule has 5 rings (SSSR count). The van der Waals surface area contributed by atoms with Gasteiger partial charge in [-0.2, -0.15) is 4.98 Å². The van der Waals surface area contributed by atoms with Gasteiger partial charge in [0.2, 0.25) is 0 Å². The van der Waals surface area contributed by atoms with Crippen LogP contribution in [0.4, 0.5) is 0 Å². The first kappa shape index (κ1) is 22.9. The molecule has 0 spiro atoms. The maximum Gasteiger partial charge on any atom is 0.331 e. The van der Waals surface area contributed by atoms with Crippen LogP contribution in [0.2, 0.25) is 0 Å². The van der Waals surface area contributed by atoms with Crippen molar-refractivity contribution in [2.45, 2.75) is 64.5 Å². The van der Waals surface area contributed by atoms with Gasteiger partial charge < -0.3 is 9.84 Å². The average Bonchev–Trinajstić information content (AvgIpc) is 3.29. The van der Waals surface area contributed by atoms with Crippen molar-refractivity contribution in [3.8, 4) is 11.6 Å². The number of rotatable bonds is 9. The number of aryl methyl sites for hydroxylation is 1. The van der Waals surface area contributed by atoms with Crippen molar-refractivity contribution in [1.29, 1.82) is 0 Å². The predicted octanol–water partition coefficient (Wildman–Crippen LogP) is 2.47. The number of allylic oxidation sites excluding steroid dienone is 1. The van der Waals surface area contributed by atoms with Crippen LogP contribution >= 0.6 is 0 Å². The molecule has 0 atom stereocenters. The van der Waals surface area contributed by atoms with Crippen LogP contribution in [0.5, 0.6) is 0 Å². The highest BCUT2D eigenvalue weighted by molar-refractivity contribution is 5.96. The smallest absolute Gasteiger partial charge is 0.331 e. The Kier molecular flexibility index (Phi) is 6.43. The zero-order valence-corrected chi connectivity index (χ0v) is 19.5. The highest BCUT2D eigenvalue weighted by Crippen LogP contribution is 2.30. The van der Waals surface area contributed by atoms with Crippen molar-refractivity contribution < 1.29 is 9.32 Å². The Morgan fingerprint density at radius 1 is 1.11 bits per heavy atom. The Labute approximate surface area is 201 Å². The summed E-state index contributed by atoms with van der Waals surface area (Å²) in [4.78, 5) is 47.7. The first-order valence-electron chi connectivity index (χ1n) is 12.1. The third-order valence-electron chi connectivity index (χ3n) is 6.79. The number of hydrogen-bond acceptors (Lipinski definition) is 7. The van der Waals surface area contributed by atoms with Crippen LogP contribution in [0.1, 0.15) is 60.4 Å². The monoisotopic (exact) mass is 476 g/mol. The summed E-state index contributed by atoms with van der Waals surface area (Å²) in [6, 6.07) is 5.46. The highest BCUT2D eigenvalue weighted by Gasteiger charge is 2.29. The summed E-state index contributed by atoms with van der Waals surface area (Å²) in [5.41, 5.74) is 0.795. The minimum absolute atomic E-state index is 0.192. The number of nitrogens with zero attached hydrogens (tertiary/aromatic N) is 5. The number of pyridine rings is 1. The van der Waals surface area contributed by atoms with Crippen molar-refractivity contribution >= 4 is 5.91 Å². The second-order valence-corrected chi connectivity index (χ2v) is 9.23. The molecule has 0 unspecified atom stereocenters. The number of unbranched alkanes of at least 4 members (excludes halogenated alkanes) is 1. The Bertz CT molecular complexity index is 1370. The van der Waals surface area contributed by atoms with Gasteiger partial charge in [-0.1, -0.05) is 37.1 Å². The molecule has 3 aromatic heterocycles. The number of carbonyl (C=O) groups is 1. The van der Waals surface area contributed by atoms with Gasteiger partial charge in [0.1, 0.15) is 11.4 Å². The van der Waals surface area contributed by atoms with Gasteiger partial charge in [-0.05, 0) is 37.3 Å². The zero-order valence-electron chi connectivity index (χ0n) is 19.5. The summed E-state index contributed by atoms with van der Waals surface area (Å²) in [6.07, 6.45) is 8.03. The molecular formula is C25H28N6O4. The van der Waals surface area contributed by atoms with Gasteiger partial charge in [-0.25, -0.2) is 4.79 Å². The van der Waals surface area contributed by atoms with Crippen LogP contribution in [0, 0.1) is 5.92 Å². The van der Waals surface area contributed by atoms with E-state index in [1.807, 2.05) is 12.1 Å². The first-order valence-corrected chi connectivity index (χ1v) is 12.1. The molecule has 10 heteroatoms. The number of nitrogens with one attached hydrogen (secondary N) is 1. The normalized spacial score (nSPS) is 15.5. The second-order valence-electron chi connectivity index (χ2n) is 9.23. The lowest BCUT2D eigenvalue weighted by molar-refractivity contribution is 0.0944. The van der Waals surface area contributed by atoms with Gasteiger partial charge in [0.05, 0.1) is 5.56 Å². The van der Waals surface area contributed by atoms with Crippen molar-refractivity contribution in [3.05, 3.63) is 74.6 Å². The van der Waals surface area contributed by atoms with Crippen LogP contribution in [0.3, 0.4) is 0 Å². The average molecular weight is 477 g/mol. The van der Waals surface area contributed by atoms with E-state index >= 15 is 0 Å². The van der Waals surface area contributed by atoms with E-state index in [1.54, 1.807) is 12.3 Å². The van der Waals surface area contributed by atoms with Gasteiger partial charge in [0.25, 0.3) is 17.4 Å². The summed E-state index contributed by atoms with van der Waals surface area (Å²) < 4.78 is 8.04. The molecule has 3 aromatic rings. The number of hydrogen-bond donors (Lipinski definition) is 1. The second kappa shape index (κ2) is 9.81. The van der Waals surface area contributed by atoms with E-state index in [-0.39, 0.29) is 18.7 Å². The molecule has 0 aromatic carbocycles. The molecule has 182 valence electrons. The summed E-state index contributed by atoms with van der Waals surface area (Å²) >= 11 is 0. The van der Waals surface area contributed by atoms with E-state index in [9.17, 15) is 14.4 Å². The molecule has 2 aliphatic rings. The minimum Gasteiger partial charge on any atom is -0.332 e. The largest absolute Gasteiger partial charge is 0.332 e. The predicted molar refractivity (Wildman–Crippen MR) is 128 cm³/mol. The number of amides is 1. The molecule has 0 saturated heterocycles. The van der Waals surface area contributed by atoms with Gasteiger partial charge in [0, 0.05) is 37.8 Å². The van der Waals surface area contributed by atoms with E-state index in [1.165, 1.54) is 15.6 Å². The maximum absolute atomic E-state index is 13.3. The minimum atomic E-state index is -0.424. The third-order valence-corrected chi connectivity index (χ3v) is 6.79. The van der Waals surface area contributed by atoms with E-state index in [0.29, 0.717) is 60.4 Å². The molecule has 1 aliphatic heterocycles. The molecule has 4 heterocycles. The standard InChI is InChI=1S/C25H28N6O4/c1-16-15-18-21(22(32)27-16)30(14-11-17-7-6-8-17)25(34)31(24(18)33)13-5-3-10-20-28-23(35-29-20)19-9-2-4-12-26-19/h2,4,9,12,17H,1,3,5-8,10-11,13-15H2,(H,27,32). The molecule has 10 nitrogen and oxygen atoms in total. The molecule has 1 N–H and O–H groups in total. The summed E-state index contributed by atoms with van der Waals surface area (Å²) in [5, 5.41) is 6.68. The maximum atomic E-state index is 13.3. The number of fused-ring (bicyclic) bond motifs is 1. The Morgan fingerprint density at radius 3 is 2.71 bits per heavy atom. The van der Waals surface area contributed by atoms with E-state index in [2.05, 4.69) is 27.0 Å². The lowest BCUT2D eigenvalue weighted by Crippen LogP contribution is -2.48. The topological polar surface area (TPSA) is 125 Å².